The highest BCUT2D eigenvalue weighted by molar-refractivity contribution is 9.10. The lowest BCUT2D eigenvalue weighted by molar-refractivity contribution is -0.385. The molecule has 0 aliphatic rings. The Morgan fingerprint density at radius 1 is 1.44 bits per heavy atom. The lowest BCUT2D eigenvalue weighted by Crippen LogP contribution is -2.22. The molecule has 1 rings (SSSR count). The van der Waals surface area contributed by atoms with Gasteiger partial charge in [-0.3, -0.25) is 10.1 Å². The van der Waals surface area contributed by atoms with Gasteiger partial charge in [-0.2, -0.15) is 0 Å². The van der Waals surface area contributed by atoms with E-state index in [1.165, 1.54) is 0 Å². The van der Waals surface area contributed by atoms with Gasteiger partial charge < -0.3 is 10.6 Å². The summed E-state index contributed by atoms with van der Waals surface area (Å²) in [6.45, 7) is 5.62. The van der Waals surface area contributed by atoms with Gasteiger partial charge in [0.1, 0.15) is 0 Å². The number of nitrogens with one attached hydrogen (secondary N) is 2. The molecule has 1 aromatic carbocycles. The van der Waals surface area contributed by atoms with E-state index in [9.17, 15) is 10.1 Å². The van der Waals surface area contributed by atoms with Crippen LogP contribution in [0.4, 0.5) is 11.4 Å². The van der Waals surface area contributed by atoms with Gasteiger partial charge in [0.05, 0.1) is 4.92 Å². The minimum Gasteiger partial charge on any atom is -0.384 e. The van der Waals surface area contributed by atoms with Crippen LogP contribution in [0.5, 0.6) is 0 Å². The molecule has 6 heteroatoms. The van der Waals surface area contributed by atoms with Crippen molar-refractivity contribution >= 4 is 27.3 Å². The molecule has 0 radical (unpaired) electrons. The van der Waals surface area contributed by atoms with Crippen LogP contribution in [0.15, 0.2) is 16.6 Å². The third-order valence-electron chi connectivity index (χ3n) is 2.68. The maximum atomic E-state index is 10.8. The molecule has 0 bridgehead atoms. The van der Waals surface area contributed by atoms with Crippen molar-refractivity contribution in [3.8, 4) is 0 Å². The average Bonchev–Trinajstić information content (AvgIpc) is 2.29. The van der Waals surface area contributed by atoms with Gasteiger partial charge in [0.15, 0.2) is 0 Å². The van der Waals surface area contributed by atoms with Gasteiger partial charge in [-0.1, -0.05) is 6.92 Å². The molecule has 1 atom stereocenters. The lowest BCUT2D eigenvalue weighted by Gasteiger charge is -2.14. The number of anilines is 1. The van der Waals surface area contributed by atoms with E-state index in [0.29, 0.717) is 11.5 Å². The van der Waals surface area contributed by atoms with E-state index < -0.39 is 0 Å². The highest BCUT2D eigenvalue weighted by atomic mass is 79.9. The molecule has 0 aliphatic carbocycles. The van der Waals surface area contributed by atoms with Crippen LogP contribution in [0.1, 0.15) is 12.5 Å². The normalized spacial score (nSPS) is 12.2. The first kappa shape index (κ1) is 14.9. The van der Waals surface area contributed by atoms with Crippen molar-refractivity contribution in [3.05, 3.63) is 32.3 Å². The first-order valence-corrected chi connectivity index (χ1v) is 6.58. The fraction of sp³-hybridized carbons (Fsp3) is 0.500. The molecule has 1 unspecified atom stereocenters. The van der Waals surface area contributed by atoms with Crippen molar-refractivity contribution in [2.75, 3.05) is 25.5 Å². The second-order valence-electron chi connectivity index (χ2n) is 4.42. The zero-order chi connectivity index (χ0) is 13.7. The van der Waals surface area contributed by atoms with Crippen LogP contribution in [-0.4, -0.2) is 25.1 Å². The smallest absolute Gasteiger partial charge is 0.273 e. The van der Waals surface area contributed by atoms with Gasteiger partial charge in [-0.05, 0) is 48.4 Å². The second kappa shape index (κ2) is 6.70. The van der Waals surface area contributed by atoms with Gasteiger partial charge in [-0.15, -0.1) is 0 Å². The SMILES string of the molecule is CNCC(C)CNc1cc(C)c([N+](=O)[O-])cc1Br. The van der Waals surface area contributed by atoms with Crippen LogP contribution in [0, 0.1) is 23.0 Å². The van der Waals surface area contributed by atoms with E-state index in [-0.39, 0.29) is 10.6 Å². The quantitative estimate of drug-likeness (QED) is 0.625. The number of nitrogens with zero attached hydrogens (tertiary/aromatic N) is 1. The molecule has 5 nitrogen and oxygen atoms in total. The highest BCUT2D eigenvalue weighted by Gasteiger charge is 2.14. The second-order valence-corrected chi connectivity index (χ2v) is 5.27. The molecule has 0 amide bonds. The molecule has 0 aromatic heterocycles. The number of hydrogen-bond acceptors (Lipinski definition) is 4. The Labute approximate surface area is 115 Å². The van der Waals surface area contributed by atoms with E-state index in [1.807, 2.05) is 7.05 Å². The fourth-order valence-electron chi connectivity index (χ4n) is 1.71. The van der Waals surface area contributed by atoms with E-state index in [2.05, 4.69) is 33.5 Å². The van der Waals surface area contributed by atoms with Crippen LogP contribution in [-0.2, 0) is 0 Å². The van der Waals surface area contributed by atoms with Crippen molar-refractivity contribution in [2.45, 2.75) is 13.8 Å². The summed E-state index contributed by atoms with van der Waals surface area (Å²) in [5.41, 5.74) is 1.68. The van der Waals surface area contributed by atoms with Crippen LogP contribution in [0.2, 0.25) is 0 Å². The van der Waals surface area contributed by atoms with Crippen molar-refractivity contribution in [1.82, 2.24) is 5.32 Å². The van der Waals surface area contributed by atoms with Crippen LogP contribution < -0.4 is 10.6 Å². The molecule has 0 saturated carbocycles. The van der Waals surface area contributed by atoms with Crippen molar-refractivity contribution in [1.29, 1.82) is 0 Å². The first-order chi connectivity index (χ1) is 8.45. The molecule has 0 heterocycles. The molecule has 0 saturated heterocycles. The monoisotopic (exact) mass is 315 g/mol. The van der Waals surface area contributed by atoms with Gasteiger partial charge in [0.25, 0.3) is 5.69 Å². The van der Waals surface area contributed by atoms with E-state index >= 15 is 0 Å². The number of rotatable bonds is 6. The van der Waals surface area contributed by atoms with Gasteiger partial charge in [-0.25, -0.2) is 0 Å². The van der Waals surface area contributed by atoms with Crippen LogP contribution in [0.25, 0.3) is 0 Å². The summed E-state index contributed by atoms with van der Waals surface area (Å²) in [7, 11) is 1.92. The van der Waals surface area contributed by atoms with Gasteiger partial charge >= 0.3 is 0 Å². The summed E-state index contributed by atoms with van der Waals surface area (Å²) in [5, 5.41) is 17.2. The summed E-state index contributed by atoms with van der Waals surface area (Å²) in [5.74, 6) is 0.484. The lowest BCUT2D eigenvalue weighted by atomic mass is 10.1. The molecule has 100 valence electrons. The Morgan fingerprint density at radius 3 is 2.67 bits per heavy atom. The Bertz CT molecular complexity index is 438. The standard InChI is InChI=1S/C12H18BrN3O2/c1-8(6-14-3)7-15-11-4-9(2)12(16(17)18)5-10(11)13/h4-5,8,14-15H,6-7H2,1-3H3. The Hall–Kier alpha value is -1.14. The number of benzene rings is 1. The Morgan fingerprint density at radius 2 is 2.11 bits per heavy atom. The van der Waals surface area contributed by atoms with Crippen LogP contribution >= 0.6 is 15.9 Å². The number of nitro groups is 1. The summed E-state index contributed by atoms with van der Waals surface area (Å²) in [6, 6.07) is 3.34. The molecular weight excluding hydrogens is 298 g/mol. The van der Waals surface area contributed by atoms with Crippen molar-refractivity contribution < 1.29 is 4.92 Å². The number of aryl methyl sites for hydroxylation is 1. The van der Waals surface area contributed by atoms with Gasteiger partial charge in [0.2, 0.25) is 0 Å². The maximum Gasteiger partial charge on any atom is 0.273 e. The molecule has 18 heavy (non-hydrogen) atoms. The molecule has 0 spiro atoms. The Balaban J connectivity index is 2.79. The largest absolute Gasteiger partial charge is 0.384 e. The number of hydrogen-bond donors (Lipinski definition) is 2. The third-order valence-corrected chi connectivity index (χ3v) is 3.33. The molecule has 0 fully saturated rings. The molecule has 1 aromatic rings. The van der Waals surface area contributed by atoms with Crippen molar-refractivity contribution in [3.63, 3.8) is 0 Å². The molecule has 0 aliphatic heterocycles. The summed E-state index contributed by atoms with van der Waals surface area (Å²) < 4.78 is 0.719. The van der Waals surface area contributed by atoms with Crippen LogP contribution in [0.3, 0.4) is 0 Å². The van der Waals surface area contributed by atoms with E-state index in [4.69, 9.17) is 0 Å². The minimum atomic E-state index is -0.368. The Kier molecular flexibility index (Phi) is 5.55. The third kappa shape index (κ3) is 3.96. The number of halogens is 1. The summed E-state index contributed by atoms with van der Waals surface area (Å²) >= 11 is 3.36. The maximum absolute atomic E-state index is 10.8. The molecular formula is C12H18BrN3O2. The number of nitro benzene ring substituents is 1. The zero-order valence-electron chi connectivity index (χ0n) is 10.8. The van der Waals surface area contributed by atoms with E-state index in [0.717, 1.165) is 23.2 Å². The highest BCUT2D eigenvalue weighted by Crippen LogP contribution is 2.30. The predicted molar refractivity (Wildman–Crippen MR) is 77.1 cm³/mol. The summed E-state index contributed by atoms with van der Waals surface area (Å²) in [6.07, 6.45) is 0. The minimum absolute atomic E-state index is 0.135. The first-order valence-electron chi connectivity index (χ1n) is 5.78. The van der Waals surface area contributed by atoms with Gasteiger partial charge in [0, 0.05) is 28.3 Å². The van der Waals surface area contributed by atoms with Crippen molar-refractivity contribution in [2.24, 2.45) is 5.92 Å². The van der Waals surface area contributed by atoms with E-state index in [1.54, 1.807) is 19.1 Å². The fourth-order valence-corrected chi connectivity index (χ4v) is 2.18. The predicted octanol–water partition coefficient (Wildman–Crippen LogP) is 2.93. The average molecular weight is 316 g/mol. The zero-order valence-corrected chi connectivity index (χ0v) is 12.4. The topological polar surface area (TPSA) is 67.2 Å². The molecule has 2 N–H and O–H groups in total. The summed E-state index contributed by atoms with van der Waals surface area (Å²) in [4.78, 5) is 10.4.